The molecule has 0 unspecified atom stereocenters. The smallest absolute Gasteiger partial charge is 0.225 e. The fraction of sp³-hybridized carbons (Fsp3) is 0.211. The summed E-state index contributed by atoms with van der Waals surface area (Å²) in [7, 11) is 0. The van der Waals surface area contributed by atoms with E-state index >= 15 is 0 Å². The van der Waals surface area contributed by atoms with Gasteiger partial charge < -0.3 is 15.7 Å². The standard InChI is InChI=1S/C19H20ClN5O/c1-12-5-3-7-15(20)18(12)24-17-9-16(14-6-4-8-21-10-14)23-19(25-17)22-13(2)11-26/h3-10,13,26H,11H2,1-2H3,(H2,22,23,24,25)/t13-/m1/s1. The Labute approximate surface area is 157 Å². The summed E-state index contributed by atoms with van der Waals surface area (Å²) < 4.78 is 0. The van der Waals surface area contributed by atoms with E-state index in [2.05, 4.69) is 25.6 Å². The predicted molar refractivity (Wildman–Crippen MR) is 105 cm³/mol. The minimum Gasteiger partial charge on any atom is -0.394 e. The van der Waals surface area contributed by atoms with Gasteiger partial charge in [0, 0.05) is 30.1 Å². The molecular formula is C19H20ClN5O. The normalized spacial score (nSPS) is 11.8. The summed E-state index contributed by atoms with van der Waals surface area (Å²) in [5.41, 5.74) is 3.39. The quantitative estimate of drug-likeness (QED) is 0.608. The highest BCUT2D eigenvalue weighted by Gasteiger charge is 2.11. The molecule has 0 radical (unpaired) electrons. The van der Waals surface area contributed by atoms with Crippen LogP contribution in [0.5, 0.6) is 0 Å². The van der Waals surface area contributed by atoms with E-state index in [4.69, 9.17) is 11.6 Å². The van der Waals surface area contributed by atoms with E-state index in [1.165, 1.54) is 0 Å². The van der Waals surface area contributed by atoms with E-state index in [-0.39, 0.29) is 12.6 Å². The van der Waals surface area contributed by atoms with E-state index in [9.17, 15) is 5.11 Å². The summed E-state index contributed by atoms with van der Waals surface area (Å²) in [5.74, 6) is 1.02. The average molecular weight is 370 g/mol. The van der Waals surface area contributed by atoms with Crippen LogP contribution in [-0.4, -0.2) is 32.7 Å². The summed E-state index contributed by atoms with van der Waals surface area (Å²) in [4.78, 5) is 13.2. The van der Waals surface area contributed by atoms with Crippen molar-refractivity contribution in [2.75, 3.05) is 17.2 Å². The van der Waals surface area contributed by atoms with Gasteiger partial charge >= 0.3 is 0 Å². The summed E-state index contributed by atoms with van der Waals surface area (Å²) in [6.45, 7) is 3.81. The largest absolute Gasteiger partial charge is 0.394 e. The number of pyridine rings is 1. The summed E-state index contributed by atoms with van der Waals surface area (Å²) >= 11 is 6.32. The zero-order valence-corrected chi connectivity index (χ0v) is 15.3. The van der Waals surface area contributed by atoms with Crippen molar-refractivity contribution in [3.05, 3.63) is 59.4 Å². The fourth-order valence-electron chi connectivity index (χ4n) is 2.42. The van der Waals surface area contributed by atoms with Gasteiger partial charge in [-0.1, -0.05) is 23.7 Å². The number of aliphatic hydroxyl groups excluding tert-OH is 1. The third-order valence-electron chi connectivity index (χ3n) is 3.81. The number of halogens is 1. The summed E-state index contributed by atoms with van der Waals surface area (Å²) in [6, 6.07) is 11.2. The first-order valence-electron chi connectivity index (χ1n) is 8.26. The lowest BCUT2D eigenvalue weighted by molar-refractivity contribution is 0.281. The van der Waals surface area contributed by atoms with Crippen LogP contribution in [0, 0.1) is 6.92 Å². The van der Waals surface area contributed by atoms with E-state index in [1.54, 1.807) is 12.4 Å². The molecule has 0 aliphatic heterocycles. The molecule has 3 rings (SSSR count). The second kappa shape index (κ2) is 8.12. The first kappa shape index (κ1) is 18.1. The number of hydrogen-bond acceptors (Lipinski definition) is 6. The van der Waals surface area contributed by atoms with E-state index < -0.39 is 0 Å². The van der Waals surface area contributed by atoms with Crippen molar-refractivity contribution < 1.29 is 5.11 Å². The number of nitrogens with zero attached hydrogens (tertiary/aromatic N) is 3. The van der Waals surface area contributed by atoms with Crippen LogP contribution in [0.15, 0.2) is 48.8 Å². The molecule has 2 heterocycles. The van der Waals surface area contributed by atoms with E-state index in [1.807, 2.05) is 50.2 Å². The van der Waals surface area contributed by atoms with Crippen LogP contribution in [0.25, 0.3) is 11.3 Å². The van der Waals surface area contributed by atoms with Gasteiger partial charge in [0.25, 0.3) is 0 Å². The number of benzene rings is 1. The Morgan fingerprint density at radius 3 is 2.73 bits per heavy atom. The molecule has 3 N–H and O–H groups in total. The fourth-order valence-corrected chi connectivity index (χ4v) is 2.69. The Kier molecular flexibility index (Phi) is 5.65. The monoisotopic (exact) mass is 369 g/mol. The van der Waals surface area contributed by atoms with Gasteiger partial charge in [0.15, 0.2) is 0 Å². The molecule has 26 heavy (non-hydrogen) atoms. The van der Waals surface area contributed by atoms with Gasteiger partial charge in [-0.3, -0.25) is 4.98 Å². The second-order valence-electron chi connectivity index (χ2n) is 5.99. The Morgan fingerprint density at radius 2 is 2.04 bits per heavy atom. The van der Waals surface area contributed by atoms with E-state index in [0.29, 0.717) is 22.5 Å². The van der Waals surface area contributed by atoms with Gasteiger partial charge in [-0.05, 0) is 37.6 Å². The molecule has 0 saturated carbocycles. The molecule has 1 atom stereocenters. The third kappa shape index (κ3) is 4.28. The van der Waals surface area contributed by atoms with Crippen LogP contribution >= 0.6 is 11.6 Å². The lowest BCUT2D eigenvalue weighted by atomic mass is 10.2. The number of anilines is 3. The van der Waals surface area contributed by atoms with Crippen LogP contribution < -0.4 is 10.6 Å². The number of aromatic nitrogens is 3. The van der Waals surface area contributed by atoms with Gasteiger partial charge in [0.1, 0.15) is 5.82 Å². The Balaban J connectivity index is 2.02. The Bertz CT molecular complexity index is 868. The highest BCUT2D eigenvalue weighted by molar-refractivity contribution is 6.33. The molecule has 0 aliphatic rings. The highest BCUT2D eigenvalue weighted by atomic mass is 35.5. The zero-order valence-electron chi connectivity index (χ0n) is 14.6. The summed E-state index contributed by atoms with van der Waals surface area (Å²) in [5, 5.41) is 16.3. The number of aryl methyl sites for hydroxylation is 1. The molecule has 0 aliphatic carbocycles. The Hall–Kier alpha value is -2.70. The van der Waals surface area contributed by atoms with Gasteiger partial charge in [-0.15, -0.1) is 0 Å². The van der Waals surface area contributed by atoms with Crippen molar-refractivity contribution in [3.8, 4) is 11.3 Å². The van der Waals surface area contributed by atoms with Crippen molar-refractivity contribution in [1.29, 1.82) is 0 Å². The van der Waals surface area contributed by atoms with Crippen molar-refractivity contribution in [2.45, 2.75) is 19.9 Å². The lowest BCUT2D eigenvalue weighted by Gasteiger charge is -2.15. The molecule has 7 heteroatoms. The van der Waals surface area contributed by atoms with Crippen LogP contribution in [-0.2, 0) is 0 Å². The number of nitrogens with one attached hydrogen (secondary N) is 2. The molecule has 0 amide bonds. The van der Waals surface area contributed by atoms with Crippen LogP contribution in [0.1, 0.15) is 12.5 Å². The minimum atomic E-state index is -0.172. The maximum atomic E-state index is 9.30. The molecule has 0 fully saturated rings. The van der Waals surface area contributed by atoms with E-state index in [0.717, 1.165) is 16.8 Å². The molecule has 3 aromatic rings. The first-order valence-corrected chi connectivity index (χ1v) is 8.63. The molecule has 1 aromatic carbocycles. The maximum Gasteiger partial charge on any atom is 0.225 e. The number of aliphatic hydroxyl groups is 1. The highest BCUT2D eigenvalue weighted by Crippen LogP contribution is 2.30. The second-order valence-corrected chi connectivity index (χ2v) is 6.40. The van der Waals surface area contributed by atoms with Crippen molar-refractivity contribution in [2.24, 2.45) is 0 Å². The lowest BCUT2D eigenvalue weighted by Crippen LogP contribution is -2.21. The minimum absolute atomic E-state index is 0.0210. The van der Waals surface area contributed by atoms with Gasteiger partial charge in [0.2, 0.25) is 5.95 Å². The first-order chi connectivity index (χ1) is 12.6. The average Bonchev–Trinajstić information content (AvgIpc) is 2.65. The summed E-state index contributed by atoms with van der Waals surface area (Å²) in [6.07, 6.45) is 3.45. The third-order valence-corrected chi connectivity index (χ3v) is 4.12. The Morgan fingerprint density at radius 1 is 1.19 bits per heavy atom. The SMILES string of the molecule is Cc1cccc(Cl)c1Nc1cc(-c2cccnc2)nc(N[C@H](C)CO)n1. The molecule has 0 saturated heterocycles. The number of rotatable bonds is 6. The molecular weight excluding hydrogens is 350 g/mol. The number of hydrogen-bond donors (Lipinski definition) is 3. The predicted octanol–water partition coefficient (Wildman–Crippen LogP) is 4.04. The molecule has 0 bridgehead atoms. The topological polar surface area (TPSA) is 83.0 Å². The van der Waals surface area contributed by atoms with Gasteiger partial charge in [0.05, 0.1) is 23.0 Å². The van der Waals surface area contributed by atoms with Crippen LogP contribution in [0.3, 0.4) is 0 Å². The van der Waals surface area contributed by atoms with Crippen molar-refractivity contribution in [3.63, 3.8) is 0 Å². The zero-order chi connectivity index (χ0) is 18.5. The van der Waals surface area contributed by atoms with Crippen LogP contribution in [0.4, 0.5) is 17.5 Å². The number of para-hydroxylation sites is 1. The van der Waals surface area contributed by atoms with Gasteiger partial charge in [-0.25, -0.2) is 4.98 Å². The van der Waals surface area contributed by atoms with Crippen LogP contribution in [0.2, 0.25) is 5.02 Å². The maximum absolute atomic E-state index is 9.30. The molecule has 0 spiro atoms. The van der Waals surface area contributed by atoms with Crippen molar-refractivity contribution >= 4 is 29.1 Å². The molecule has 134 valence electrons. The molecule has 2 aromatic heterocycles. The molecule has 6 nitrogen and oxygen atoms in total. The van der Waals surface area contributed by atoms with Crippen molar-refractivity contribution in [1.82, 2.24) is 15.0 Å². The van der Waals surface area contributed by atoms with Gasteiger partial charge in [-0.2, -0.15) is 4.98 Å².